The van der Waals surface area contributed by atoms with Gasteiger partial charge in [-0.3, -0.25) is 4.79 Å². The topological polar surface area (TPSA) is 41.6 Å². The number of nitrogens with one attached hydrogen (secondary N) is 1. The third-order valence-corrected chi connectivity index (χ3v) is 4.08. The molecular formula is C14H26N2O2. The molecule has 3 unspecified atom stereocenters. The van der Waals surface area contributed by atoms with Crippen molar-refractivity contribution in [1.29, 1.82) is 0 Å². The van der Waals surface area contributed by atoms with Gasteiger partial charge in [0.2, 0.25) is 5.91 Å². The van der Waals surface area contributed by atoms with Crippen molar-refractivity contribution in [1.82, 2.24) is 10.2 Å². The zero-order valence-corrected chi connectivity index (χ0v) is 11.8. The number of fused-ring (bicyclic) bond motifs is 2. The van der Waals surface area contributed by atoms with E-state index < -0.39 is 0 Å². The second kappa shape index (κ2) is 6.02. The molecule has 2 aliphatic heterocycles. The van der Waals surface area contributed by atoms with E-state index in [-0.39, 0.29) is 5.92 Å². The SMILES string of the molecule is COCCN(CC(C)C)C(=O)C1CC2CCC1N2. The second-order valence-corrected chi connectivity index (χ2v) is 6.06. The predicted molar refractivity (Wildman–Crippen MR) is 71.3 cm³/mol. The number of rotatable bonds is 6. The predicted octanol–water partition coefficient (Wildman–Crippen LogP) is 1.26. The zero-order valence-electron chi connectivity index (χ0n) is 11.8. The summed E-state index contributed by atoms with van der Waals surface area (Å²) in [5, 5.41) is 3.54. The lowest BCUT2D eigenvalue weighted by Gasteiger charge is -2.30. The minimum atomic E-state index is 0.208. The van der Waals surface area contributed by atoms with E-state index in [9.17, 15) is 4.79 Å². The number of ether oxygens (including phenoxy) is 1. The Balaban J connectivity index is 1.94. The molecule has 2 rings (SSSR count). The molecule has 0 aliphatic carbocycles. The molecule has 4 heteroatoms. The summed E-state index contributed by atoms with van der Waals surface area (Å²) in [5.41, 5.74) is 0. The highest BCUT2D eigenvalue weighted by atomic mass is 16.5. The molecule has 0 radical (unpaired) electrons. The maximum atomic E-state index is 12.6. The molecule has 0 aromatic heterocycles. The van der Waals surface area contributed by atoms with E-state index in [1.807, 2.05) is 4.90 Å². The van der Waals surface area contributed by atoms with Crippen LogP contribution in [0, 0.1) is 11.8 Å². The molecule has 0 saturated carbocycles. The van der Waals surface area contributed by atoms with Gasteiger partial charge in [-0.15, -0.1) is 0 Å². The number of hydrogen-bond donors (Lipinski definition) is 1. The molecular weight excluding hydrogens is 228 g/mol. The van der Waals surface area contributed by atoms with Crippen molar-refractivity contribution >= 4 is 5.91 Å². The number of carbonyl (C=O) groups is 1. The highest BCUT2D eigenvalue weighted by Crippen LogP contribution is 2.34. The third-order valence-electron chi connectivity index (χ3n) is 4.08. The minimum Gasteiger partial charge on any atom is -0.383 e. The van der Waals surface area contributed by atoms with Crippen LogP contribution in [0.5, 0.6) is 0 Å². The standard InChI is InChI=1S/C14H26N2O2/c1-10(2)9-16(6-7-18-3)14(17)12-8-11-4-5-13(12)15-11/h10-13,15H,4-9H2,1-3H3. The molecule has 1 amide bonds. The van der Waals surface area contributed by atoms with Crippen LogP contribution in [0.25, 0.3) is 0 Å². The van der Waals surface area contributed by atoms with Crippen LogP contribution in [0.15, 0.2) is 0 Å². The molecule has 4 nitrogen and oxygen atoms in total. The Morgan fingerprint density at radius 2 is 2.22 bits per heavy atom. The van der Waals surface area contributed by atoms with Gasteiger partial charge in [-0.1, -0.05) is 13.8 Å². The van der Waals surface area contributed by atoms with Crippen LogP contribution in [0.2, 0.25) is 0 Å². The van der Waals surface area contributed by atoms with Gasteiger partial charge in [-0.05, 0) is 25.2 Å². The Hall–Kier alpha value is -0.610. The van der Waals surface area contributed by atoms with E-state index in [2.05, 4.69) is 19.2 Å². The van der Waals surface area contributed by atoms with Gasteiger partial charge in [0.25, 0.3) is 0 Å². The van der Waals surface area contributed by atoms with Crippen molar-refractivity contribution < 1.29 is 9.53 Å². The van der Waals surface area contributed by atoms with E-state index in [1.165, 1.54) is 12.8 Å². The van der Waals surface area contributed by atoms with E-state index in [0.29, 0.717) is 30.5 Å². The monoisotopic (exact) mass is 254 g/mol. The number of hydrogen-bond acceptors (Lipinski definition) is 3. The Kier molecular flexibility index (Phi) is 4.62. The van der Waals surface area contributed by atoms with Crippen LogP contribution in [0.1, 0.15) is 33.1 Å². The molecule has 2 aliphatic rings. The Bertz CT molecular complexity index is 294. The summed E-state index contributed by atoms with van der Waals surface area (Å²) in [4.78, 5) is 14.6. The van der Waals surface area contributed by atoms with Gasteiger partial charge >= 0.3 is 0 Å². The van der Waals surface area contributed by atoms with Crippen LogP contribution in [0.4, 0.5) is 0 Å². The number of amides is 1. The average molecular weight is 254 g/mol. The van der Waals surface area contributed by atoms with Gasteiger partial charge in [0.05, 0.1) is 12.5 Å². The molecule has 0 spiro atoms. The van der Waals surface area contributed by atoms with Crippen molar-refractivity contribution in [2.45, 2.75) is 45.2 Å². The first-order valence-electron chi connectivity index (χ1n) is 7.15. The van der Waals surface area contributed by atoms with Crippen molar-refractivity contribution in [3.63, 3.8) is 0 Å². The van der Waals surface area contributed by atoms with E-state index in [1.54, 1.807) is 7.11 Å². The van der Waals surface area contributed by atoms with Crippen LogP contribution in [-0.2, 0) is 9.53 Å². The smallest absolute Gasteiger partial charge is 0.227 e. The van der Waals surface area contributed by atoms with Crippen LogP contribution < -0.4 is 5.32 Å². The molecule has 2 heterocycles. The van der Waals surface area contributed by atoms with Crippen molar-refractivity contribution in [3.05, 3.63) is 0 Å². The minimum absolute atomic E-state index is 0.208. The first kappa shape index (κ1) is 13.8. The zero-order chi connectivity index (χ0) is 13.1. The van der Waals surface area contributed by atoms with Crippen molar-refractivity contribution in [3.8, 4) is 0 Å². The molecule has 18 heavy (non-hydrogen) atoms. The number of carbonyl (C=O) groups excluding carboxylic acids is 1. The normalized spacial score (nSPS) is 30.1. The lowest BCUT2D eigenvalue weighted by atomic mass is 9.88. The van der Waals surface area contributed by atoms with Gasteiger partial charge in [0, 0.05) is 32.3 Å². The quantitative estimate of drug-likeness (QED) is 0.776. The lowest BCUT2D eigenvalue weighted by molar-refractivity contribution is -0.137. The Labute approximate surface area is 110 Å². The van der Waals surface area contributed by atoms with Crippen molar-refractivity contribution in [2.75, 3.05) is 26.8 Å². The molecule has 3 atom stereocenters. The van der Waals surface area contributed by atoms with Crippen molar-refractivity contribution in [2.24, 2.45) is 11.8 Å². The highest BCUT2D eigenvalue weighted by Gasteiger charge is 2.44. The second-order valence-electron chi connectivity index (χ2n) is 6.06. The van der Waals surface area contributed by atoms with Crippen LogP contribution in [0.3, 0.4) is 0 Å². The average Bonchev–Trinajstić information content (AvgIpc) is 2.95. The number of nitrogens with zero attached hydrogens (tertiary/aromatic N) is 1. The third kappa shape index (κ3) is 3.04. The molecule has 104 valence electrons. The summed E-state index contributed by atoms with van der Waals surface area (Å²) in [5.74, 6) is 1.05. The summed E-state index contributed by atoms with van der Waals surface area (Å²) < 4.78 is 5.12. The van der Waals surface area contributed by atoms with Gasteiger partial charge in [0.1, 0.15) is 0 Å². The summed E-state index contributed by atoms with van der Waals surface area (Å²) in [6.45, 7) is 6.52. The fraction of sp³-hybridized carbons (Fsp3) is 0.929. The van der Waals surface area contributed by atoms with Gasteiger partial charge < -0.3 is 15.0 Å². The molecule has 2 fully saturated rings. The van der Waals surface area contributed by atoms with Crippen LogP contribution in [-0.4, -0.2) is 49.7 Å². The summed E-state index contributed by atoms with van der Waals surface area (Å²) in [7, 11) is 1.69. The Morgan fingerprint density at radius 1 is 1.44 bits per heavy atom. The first-order chi connectivity index (χ1) is 8.61. The van der Waals surface area contributed by atoms with E-state index in [4.69, 9.17) is 4.74 Å². The Morgan fingerprint density at radius 3 is 2.72 bits per heavy atom. The summed E-state index contributed by atoms with van der Waals surface area (Å²) >= 11 is 0. The first-order valence-corrected chi connectivity index (χ1v) is 7.15. The molecule has 0 aromatic carbocycles. The van der Waals surface area contributed by atoms with Gasteiger partial charge in [-0.25, -0.2) is 0 Å². The highest BCUT2D eigenvalue weighted by molar-refractivity contribution is 5.80. The van der Waals surface area contributed by atoms with Gasteiger partial charge in [-0.2, -0.15) is 0 Å². The maximum Gasteiger partial charge on any atom is 0.227 e. The lowest BCUT2D eigenvalue weighted by Crippen LogP contribution is -2.44. The molecule has 0 aromatic rings. The molecule has 2 saturated heterocycles. The summed E-state index contributed by atoms with van der Waals surface area (Å²) in [6.07, 6.45) is 3.45. The molecule has 2 bridgehead atoms. The number of methoxy groups -OCH3 is 1. The maximum absolute atomic E-state index is 12.6. The van der Waals surface area contributed by atoms with Gasteiger partial charge in [0.15, 0.2) is 0 Å². The fourth-order valence-corrected chi connectivity index (χ4v) is 3.27. The largest absolute Gasteiger partial charge is 0.383 e. The molecule has 1 N–H and O–H groups in total. The van der Waals surface area contributed by atoms with E-state index in [0.717, 1.165) is 19.5 Å². The fourth-order valence-electron chi connectivity index (χ4n) is 3.27. The van der Waals surface area contributed by atoms with Crippen LogP contribution >= 0.6 is 0 Å². The van der Waals surface area contributed by atoms with E-state index >= 15 is 0 Å². The summed E-state index contributed by atoms with van der Waals surface area (Å²) in [6, 6.07) is 1.02.